The molecule has 0 saturated carbocycles. The van der Waals surface area contributed by atoms with Gasteiger partial charge >= 0.3 is 17.9 Å². The normalized spacial score (nSPS) is 18.1. The molecule has 0 N–H and O–H groups in total. The molecule has 4 aromatic carbocycles. The predicted molar refractivity (Wildman–Crippen MR) is 189 cm³/mol. The lowest BCUT2D eigenvalue weighted by molar-refractivity contribution is -0.0850. The maximum absolute atomic E-state index is 13.8. The molecule has 11 heteroatoms. The van der Waals surface area contributed by atoms with Gasteiger partial charge in [0, 0.05) is 0 Å². The summed E-state index contributed by atoms with van der Waals surface area (Å²) in [5.41, 5.74) is 2.94. The monoisotopic (exact) mass is 704 g/mol. The molecular formula is C41H40N2O9. The Labute approximate surface area is 302 Å². The minimum atomic E-state index is -1.04. The van der Waals surface area contributed by atoms with Crippen molar-refractivity contribution >= 4 is 17.9 Å². The fraction of sp³-hybridized carbons (Fsp3) is 0.268. The lowest BCUT2D eigenvalue weighted by atomic mass is 10.0. The molecule has 0 unspecified atom stereocenters. The van der Waals surface area contributed by atoms with Crippen LogP contribution < -0.4 is 0 Å². The largest absolute Gasteiger partial charge is 0.464 e. The number of esters is 3. The van der Waals surface area contributed by atoms with E-state index in [1.165, 1.54) is 7.11 Å². The van der Waals surface area contributed by atoms with Gasteiger partial charge in [-0.1, -0.05) is 109 Å². The number of ether oxygens (including phenoxy) is 6. The molecule has 1 aliphatic heterocycles. The number of aromatic nitrogens is 2. The predicted octanol–water partition coefficient (Wildman–Crippen LogP) is 6.36. The van der Waals surface area contributed by atoms with Crippen molar-refractivity contribution in [2.24, 2.45) is 0 Å². The second-order valence-corrected chi connectivity index (χ2v) is 12.0. The molecule has 2 heterocycles. The summed E-state index contributed by atoms with van der Waals surface area (Å²) < 4.78 is 37.9. The van der Waals surface area contributed by atoms with E-state index in [1.54, 1.807) is 35.9 Å². The Bertz CT molecular complexity index is 1920. The maximum atomic E-state index is 13.8. The van der Waals surface area contributed by atoms with Crippen LogP contribution in [0.4, 0.5) is 0 Å². The molecule has 1 aliphatic rings. The van der Waals surface area contributed by atoms with E-state index in [2.05, 4.69) is 5.10 Å². The third kappa shape index (κ3) is 8.63. The third-order valence-electron chi connectivity index (χ3n) is 8.56. The van der Waals surface area contributed by atoms with Gasteiger partial charge in [0.05, 0.1) is 44.7 Å². The van der Waals surface area contributed by atoms with E-state index in [0.29, 0.717) is 5.56 Å². The first-order chi connectivity index (χ1) is 25.5. The highest BCUT2D eigenvalue weighted by atomic mass is 16.6. The highest BCUT2D eigenvalue weighted by Gasteiger charge is 2.51. The average molecular weight is 705 g/mol. The SMILES string of the molecule is CCOC(=O)c1c(C(=O)OC)nn(Cc2ccccc2)c1[C@@H]1O[C@H](COC(=O)c2ccccc2)[C@@H](OCc2ccccc2)[C@H]1OCc1ccccc1. The van der Waals surface area contributed by atoms with Gasteiger partial charge in [0.2, 0.25) is 0 Å². The van der Waals surface area contributed by atoms with Crippen LogP contribution in [0.2, 0.25) is 0 Å². The Morgan fingerprint density at radius 3 is 1.77 bits per heavy atom. The molecule has 0 radical (unpaired) electrons. The van der Waals surface area contributed by atoms with Crippen molar-refractivity contribution in [1.82, 2.24) is 9.78 Å². The lowest BCUT2D eigenvalue weighted by Crippen LogP contribution is -2.38. The summed E-state index contributed by atoms with van der Waals surface area (Å²) in [5.74, 6) is -2.13. The van der Waals surface area contributed by atoms with Gasteiger partial charge in [-0.05, 0) is 35.7 Å². The van der Waals surface area contributed by atoms with Crippen LogP contribution in [0.1, 0.15) is 66.6 Å². The number of benzene rings is 4. The van der Waals surface area contributed by atoms with Gasteiger partial charge in [-0.2, -0.15) is 5.10 Å². The molecule has 6 rings (SSSR count). The van der Waals surface area contributed by atoms with E-state index in [-0.39, 0.29) is 49.9 Å². The summed E-state index contributed by atoms with van der Waals surface area (Å²) in [6.45, 7) is 2.06. The van der Waals surface area contributed by atoms with Crippen LogP contribution in [0, 0.1) is 0 Å². The van der Waals surface area contributed by atoms with Crippen LogP contribution in [0.5, 0.6) is 0 Å². The van der Waals surface area contributed by atoms with Gasteiger partial charge in [-0.25, -0.2) is 14.4 Å². The van der Waals surface area contributed by atoms with E-state index in [1.807, 2.05) is 97.1 Å². The Balaban J connectivity index is 1.45. The van der Waals surface area contributed by atoms with E-state index >= 15 is 0 Å². The molecule has 11 nitrogen and oxygen atoms in total. The zero-order valence-electron chi connectivity index (χ0n) is 29.0. The minimum absolute atomic E-state index is 0.0447. The highest BCUT2D eigenvalue weighted by molar-refractivity contribution is 6.03. The summed E-state index contributed by atoms with van der Waals surface area (Å²) in [7, 11) is 1.22. The van der Waals surface area contributed by atoms with Gasteiger partial charge in [0.15, 0.2) is 5.69 Å². The topological polar surface area (TPSA) is 124 Å². The number of rotatable bonds is 15. The molecule has 5 aromatic rings. The van der Waals surface area contributed by atoms with E-state index in [0.717, 1.165) is 16.7 Å². The Morgan fingerprint density at radius 2 is 1.21 bits per heavy atom. The molecule has 1 aromatic heterocycles. The molecule has 52 heavy (non-hydrogen) atoms. The van der Waals surface area contributed by atoms with Crippen molar-refractivity contribution in [3.05, 3.63) is 161 Å². The fourth-order valence-corrected chi connectivity index (χ4v) is 6.10. The quantitative estimate of drug-likeness (QED) is 0.0898. The number of hydrogen-bond acceptors (Lipinski definition) is 10. The van der Waals surface area contributed by atoms with Crippen LogP contribution in [0.15, 0.2) is 121 Å². The van der Waals surface area contributed by atoms with E-state index in [9.17, 15) is 14.4 Å². The zero-order chi connectivity index (χ0) is 36.3. The van der Waals surface area contributed by atoms with E-state index in [4.69, 9.17) is 28.4 Å². The molecule has 1 saturated heterocycles. The van der Waals surface area contributed by atoms with Gasteiger partial charge in [0.25, 0.3) is 0 Å². The third-order valence-corrected chi connectivity index (χ3v) is 8.56. The van der Waals surface area contributed by atoms with Crippen LogP contribution >= 0.6 is 0 Å². The van der Waals surface area contributed by atoms with Gasteiger partial charge in [-0.3, -0.25) is 4.68 Å². The molecule has 0 aliphatic carbocycles. The maximum Gasteiger partial charge on any atom is 0.359 e. The standard InChI is InChI=1S/C41H40N2O9/c1-3-48-40(45)33-34(41(46)47-2)42-43(24-28-16-8-4-9-17-28)35(33)37-38(50-26-30-20-12-6-13-21-30)36(49-25-29-18-10-5-11-19-29)32(52-37)27-51-39(44)31-22-14-7-15-23-31/h4-23,32,36-38H,3,24-27H2,1-2H3/t32-,36-,37+,38-/m1/s1. The van der Waals surface area contributed by atoms with Gasteiger partial charge < -0.3 is 28.4 Å². The van der Waals surface area contributed by atoms with Gasteiger partial charge in [0.1, 0.15) is 36.6 Å². The molecule has 268 valence electrons. The van der Waals surface area contributed by atoms with Crippen molar-refractivity contribution in [3.8, 4) is 0 Å². The van der Waals surface area contributed by atoms with Crippen molar-refractivity contribution in [1.29, 1.82) is 0 Å². The van der Waals surface area contributed by atoms with Gasteiger partial charge in [-0.15, -0.1) is 0 Å². The smallest absolute Gasteiger partial charge is 0.359 e. The van der Waals surface area contributed by atoms with Crippen molar-refractivity contribution in [2.75, 3.05) is 20.3 Å². The molecule has 4 atom stereocenters. The molecule has 0 spiro atoms. The molecule has 1 fully saturated rings. The summed E-state index contributed by atoms with van der Waals surface area (Å²) in [6, 6.07) is 37.3. The average Bonchev–Trinajstić information content (AvgIpc) is 3.73. The summed E-state index contributed by atoms with van der Waals surface area (Å²) in [5, 5.41) is 4.61. The number of nitrogens with zero attached hydrogens (tertiary/aromatic N) is 2. The second-order valence-electron chi connectivity index (χ2n) is 12.0. The Morgan fingerprint density at radius 1 is 0.673 bits per heavy atom. The van der Waals surface area contributed by atoms with Crippen LogP contribution in [-0.2, 0) is 48.2 Å². The first-order valence-electron chi connectivity index (χ1n) is 17.1. The Hall–Kier alpha value is -5.62. The molecule has 0 bridgehead atoms. The number of carbonyl (C=O) groups is 3. The van der Waals surface area contributed by atoms with Crippen LogP contribution in [0.3, 0.4) is 0 Å². The first-order valence-corrected chi connectivity index (χ1v) is 17.1. The summed E-state index contributed by atoms with van der Waals surface area (Å²) >= 11 is 0. The van der Waals surface area contributed by atoms with E-state index < -0.39 is 42.3 Å². The molecule has 0 amide bonds. The Kier molecular flexibility index (Phi) is 12.2. The van der Waals surface area contributed by atoms with Crippen molar-refractivity contribution < 1.29 is 42.8 Å². The number of methoxy groups -OCH3 is 1. The van der Waals surface area contributed by atoms with Crippen molar-refractivity contribution in [2.45, 2.75) is 51.1 Å². The fourth-order valence-electron chi connectivity index (χ4n) is 6.10. The van der Waals surface area contributed by atoms with Crippen molar-refractivity contribution in [3.63, 3.8) is 0 Å². The zero-order valence-corrected chi connectivity index (χ0v) is 29.0. The summed E-state index contributed by atoms with van der Waals surface area (Å²) in [6.07, 6.45) is -3.60. The highest BCUT2D eigenvalue weighted by Crippen LogP contribution is 2.41. The van der Waals surface area contributed by atoms with Crippen LogP contribution in [0.25, 0.3) is 0 Å². The minimum Gasteiger partial charge on any atom is -0.464 e. The molecular weight excluding hydrogens is 664 g/mol. The second kappa shape index (κ2) is 17.5. The van der Waals surface area contributed by atoms with Crippen LogP contribution in [-0.4, -0.2) is 66.3 Å². The number of carbonyl (C=O) groups excluding carboxylic acids is 3. The first kappa shape index (κ1) is 36.2. The number of hydrogen-bond donors (Lipinski definition) is 0. The summed E-state index contributed by atoms with van der Waals surface area (Å²) in [4.78, 5) is 40.1. The lowest BCUT2D eigenvalue weighted by Gasteiger charge is -2.26.